The number of carbonyl (C=O) groups is 2. The molecule has 0 aliphatic heterocycles. The van der Waals surface area contributed by atoms with Crippen LogP contribution in [0.4, 0.5) is 0 Å². The molecule has 7 heteroatoms. The lowest BCUT2D eigenvalue weighted by molar-refractivity contribution is -0.137. The molecule has 0 unspecified atom stereocenters. The van der Waals surface area contributed by atoms with Crippen molar-refractivity contribution in [1.82, 2.24) is 5.32 Å². The minimum atomic E-state index is -0.675. The molecule has 0 bridgehead atoms. The Hall–Kier alpha value is -1.18. The van der Waals surface area contributed by atoms with E-state index >= 15 is 0 Å². The third-order valence-corrected chi connectivity index (χ3v) is 4.61. The van der Waals surface area contributed by atoms with E-state index in [0.717, 1.165) is 84.0 Å². The zero-order valence-corrected chi connectivity index (χ0v) is 20.6. The zero-order valence-electron chi connectivity index (χ0n) is 20.6. The van der Waals surface area contributed by atoms with Gasteiger partial charge in [-0.15, -0.1) is 0 Å². The first-order chi connectivity index (χ1) is 15.0. The van der Waals surface area contributed by atoms with Crippen molar-refractivity contribution in [3.8, 4) is 0 Å². The van der Waals surface area contributed by atoms with Crippen LogP contribution in [0.1, 0.15) is 117 Å². The van der Waals surface area contributed by atoms with Crippen molar-refractivity contribution in [2.75, 3.05) is 26.2 Å². The summed E-state index contributed by atoms with van der Waals surface area (Å²) in [5.74, 6) is -0.468. The standard InChI is InChI=1S/C12H26N2O.C7H14O2.C5H14N2/c1-2-3-4-6-9-12(15)14-11-8-5-7-10-13;1-2-3-4-5-6-7(8)9;6-4-2-1-3-5-7/h2-11,13H2,1H3,(H,14,15);2-6H2,1H3,(H,8,9);1-7H2. The fourth-order valence-corrected chi connectivity index (χ4v) is 2.64. The molecule has 188 valence electrons. The Morgan fingerprint density at radius 2 is 1.03 bits per heavy atom. The lowest BCUT2D eigenvalue weighted by atomic mass is 10.1. The van der Waals surface area contributed by atoms with Crippen molar-refractivity contribution in [3.05, 3.63) is 0 Å². The number of hydrogen-bond acceptors (Lipinski definition) is 5. The maximum atomic E-state index is 11.3. The van der Waals surface area contributed by atoms with Crippen molar-refractivity contribution in [1.29, 1.82) is 0 Å². The van der Waals surface area contributed by atoms with Crippen molar-refractivity contribution in [2.24, 2.45) is 17.2 Å². The summed E-state index contributed by atoms with van der Waals surface area (Å²) in [5, 5.41) is 11.2. The molecule has 0 radical (unpaired) electrons. The van der Waals surface area contributed by atoms with Gasteiger partial charge in [0.05, 0.1) is 0 Å². The van der Waals surface area contributed by atoms with E-state index in [2.05, 4.69) is 19.2 Å². The summed E-state index contributed by atoms with van der Waals surface area (Å²) in [6.45, 7) is 7.47. The number of unbranched alkanes of at least 4 members (excludes halogenated alkanes) is 10. The monoisotopic (exact) mass is 446 g/mol. The Kier molecular flexibility index (Phi) is 37.2. The molecule has 0 saturated heterocycles. The van der Waals surface area contributed by atoms with Crippen LogP contribution in [-0.2, 0) is 9.59 Å². The summed E-state index contributed by atoms with van der Waals surface area (Å²) >= 11 is 0. The van der Waals surface area contributed by atoms with E-state index in [1.54, 1.807) is 0 Å². The molecule has 0 aliphatic carbocycles. The van der Waals surface area contributed by atoms with Crippen LogP contribution in [0.25, 0.3) is 0 Å². The highest BCUT2D eigenvalue weighted by molar-refractivity contribution is 5.75. The van der Waals surface area contributed by atoms with Gasteiger partial charge in [0, 0.05) is 19.4 Å². The predicted molar refractivity (Wildman–Crippen MR) is 133 cm³/mol. The molecule has 0 saturated carbocycles. The normalized spacial score (nSPS) is 9.84. The Morgan fingerprint density at radius 1 is 0.613 bits per heavy atom. The topological polar surface area (TPSA) is 144 Å². The number of amides is 1. The molecule has 0 aromatic heterocycles. The number of carbonyl (C=O) groups excluding carboxylic acids is 1. The number of nitrogens with one attached hydrogen (secondary N) is 1. The van der Waals surface area contributed by atoms with Gasteiger partial charge in [-0.2, -0.15) is 0 Å². The van der Waals surface area contributed by atoms with E-state index < -0.39 is 5.97 Å². The van der Waals surface area contributed by atoms with E-state index in [9.17, 15) is 9.59 Å². The Balaban J connectivity index is -0.000000417. The largest absolute Gasteiger partial charge is 0.481 e. The molecule has 0 aromatic rings. The van der Waals surface area contributed by atoms with E-state index in [0.29, 0.717) is 12.8 Å². The van der Waals surface area contributed by atoms with Gasteiger partial charge in [-0.25, -0.2) is 0 Å². The molecule has 8 N–H and O–H groups in total. The molecule has 7 nitrogen and oxygen atoms in total. The fraction of sp³-hybridized carbons (Fsp3) is 0.917. The summed E-state index contributed by atoms with van der Waals surface area (Å²) in [6, 6.07) is 0. The van der Waals surface area contributed by atoms with Crippen molar-refractivity contribution in [3.63, 3.8) is 0 Å². The number of hydrogen-bond donors (Lipinski definition) is 5. The molecular formula is C24H54N4O3. The fourth-order valence-electron chi connectivity index (χ4n) is 2.64. The lowest BCUT2D eigenvalue weighted by Crippen LogP contribution is -2.24. The lowest BCUT2D eigenvalue weighted by Gasteiger charge is -2.04. The van der Waals surface area contributed by atoms with Crippen LogP contribution in [0.3, 0.4) is 0 Å². The van der Waals surface area contributed by atoms with E-state index in [1.807, 2.05) is 0 Å². The van der Waals surface area contributed by atoms with E-state index in [-0.39, 0.29) is 5.91 Å². The third kappa shape index (κ3) is 43.5. The van der Waals surface area contributed by atoms with Crippen LogP contribution in [0.2, 0.25) is 0 Å². The van der Waals surface area contributed by atoms with Crippen LogP contribution in [0, 0.1) is 0 Å². The zero-order chi connectivity index (χ0) is 24.0. The van der Waals surface area contributed by atoms with Crippen LogP contribution in [0.15, 0.2) is 0 Å². The smallest absolute Gasteiger partial charge is 0.303 e. The Labute approximate surface area is 192 Å². The quantitative estimate of drug-likeness (QED) is 0.187. The number of aliphatic carboxylic acids is 1. The van der Waals surface area contributed by atoms with E-state index in [1.165, 1.54) is 32.1 Å². The molecular weight excluding hydrogens is 392 g/mol. The van der Waals surface area contributed by atoms with E-state index in [4.69, 9.17) is 22.3 Å². The second-order valence-electron chi connectivity index (χ2n) is 7.85. The van der Waals surface area contributed by atoms with Gasteiger partial charge in [0.2, 0.25) is 5.91 Å². The molecule has 0 rings (SSSR count). The molecule has 0 aliphatic rings. The van der Waals surface area contributed by atoms with Crippen molar-refractivity contribution >= 4 is 11.9 Å². The maximum Gasteiger partial charge on any atom is 0.303 e. The van der Waals surface area contributed by atoms with Gasteiger partial charge in [0.1, 0.15) is 0 Å². The highest BCUT2D eigenvalue weighted by atomic mass is 16.4. The molecule has 0 aromatic carbocycles. The SMILES string of the molecule is CCCCCCC(=O)NCCCCCN.CCCCCCC(=O)O.NCCCCCN. The van der Waals surface area contributed by atoms with Gasteiger partial charge in [-0.1, -0.05) is 65.2 Å². The average Bonchev–Trinajstić information content (AvgIpc) is 2.75. The van der Waals surface area contributed by atoms with Crippen molar-refractivity contribution < 1.29 is 14.7 Å². The van der Waals surface area contributed by atoms with Crippen molar-refractivity contribution in [2.45, 2.75) is 117 Å². The van der Waals surface area contributed by atoms with Crippen LogP contribution in [0.5, 0.6) is 0 Å². The minimum Gasteiger partial charge on any atom is -0.481 e. The van der Waals surface area contributed by atoms with Gasteiger partial charge < -0.3 is 27.6 Å². The molecule has 0 atom stereocenters. The predicted octanol–water partition coefficient (Wildman–Crippen LogP) is 4.32. The molecule has 0 heterocycles. The molecule has 31 heavy (non-hydrogen) atoms. The average molecular weight is 447 g/mol. The van der Waals surface area contributed by atoms with Gasteiger partial charge in [0.15, 0.2) is 0 Å². The Morgan fingerprint density at radius 3 is 1.45 bits per heavy atom. The summed E-state index contributed by atoms with van der Waals surface area (Å²) < 4.78 is 0. The number of nitrogens with two attached hydrogens (primary N) is 3. The highest BCUT2D eigenvalue weighted by Crippen LogP contribution is 2.02. The van der Waals surface area contributed by atoms with Crippen LogP contribution >= 0.6 is 0 Å². The van der Waals surface area contributed by atoms with Gasteiger partial charge >= 0.3 is 5.97 Å². The number of carboxylic acid groups (broad SMARTS) is 1. The first-order valence-electron chi connectivity index (χ1n) is 12.6. The summed E-state index contributed by atoms with van der Waals surface area (Å²) in [6.07, 6.45) is 16.6. The second-order valence-corrected chi connectivity index (χ2v) is 7.85. The number of rotatable bonds is 19. The minimum absolute atomic E-state index is 0.207. The van der Waals surface area contributed by atoms with Gasteiger partial charge in [-0.05, 0) is 58.2 Å². The molecule has 0 spiro atoms. The second kappa shape index (κ2) is 33.5. The van der Waals surface area contributed by atoms with Gasteiger partial charge in [-0.3, -0.25) is 9.59 Å². The third-order valence-electron chi connectivity index (χ3n) is 4.61. The molecule has 0 fully saturated rings. The highest BCUT2D eigenvalue weighted by Gasteiger charge is 1.99. The maximum absolute atomic E-state index is 11.3. The first kappa shape index (κ1) is 34.4. The van der Waals surface area contributed by atoms with Crippen LogP contribution in [-0.4, -0.2) is 43.2 Å². The molecule has 1 amide bonds. The Bertz CT molecular complexity index is 352. The summed E-state index contributed by atoms with van der Waals surface area (Å²) in [7, 11) is 0. The first-order valence-corrected chi connectivity index (χ1v) is 12.6. The number of carboxylic acids is 1. The summed E-state index contributed by atoms with van der Waals surface area (Å²) in [5.41, 5.74) is 15.8. The van der Waals surface area contributed by atoms with Gasteiger partial charge in [0.25, 0.3) is 0 Å². The van der Waals surface area contributed by atoms with Crippen LogP contribution < -0.4 is 22.5 Å². The summed E-state index contributed by atoms with van der Waals surface area (Å²) in [4.78, 5) is 21.3.